The maximum Gasteiger partial charge on any atom is 0.349 e. The number of carbonyl (C=O) groups is 2. The normalized spacial score (nSPS) is 10.8. The van der Waals surface area contributed by atoms with Crippen LogP contribution in [0.3, 0.4) is 0 Å². The quantitative estimate of drug-likeness (QED) is 0.294. The van der Waals surface area contributed by atoms with Crippen LogP contribution in [-0.2, 0) is 11.3 Å². The zero-order valence-electron chi connectivity index (χ0n) is 16.7. The molecule has 1 heterocycles. The molecule has 0 saturated carbocycles. The lowest BCUT2D eigenvalue weighted by Crippen LogP contribution is -2.10. The number of fused-ring (bicyclic) bond motifs is 1. The number of halogens is 1. The second kappa shape index (κ2) is 9.30. The van der Waals surface area contributed by atoms with Gasteiger partial charge in [-0.1, -0.05) is 60.1 Å². The average Bonchev–Trinajstić information content (AvgIpc) is 3.13. The first-order chi connectivity index (χ1) is 15.4. The highest BCUT2D eigenvalue weighted by Gasteiger charge is 2.24. The average molecular weight is 468 g/mol. The summed E-state index contributed by atoms with van der Waals surface area (Å²) in [6.07, 6.45) is 0. The third-order valence-corrected chi connectivity index (χ3v) is 6.46. The van der Waals surface area contributed by atoms with Crippen molar-refractivity contribution in [2.24, 2.45) is 0 Å². The Bertz CT molecular complexity index is 1320. The van der Waals surface area contributed by atoms with Gasteiger partial charge in [-0.2, -0.15) is 0 Å². The number of thiophene rings is 1. The molecule has 0 bridgehead atoms. The van der Waals surface area contributed by atoms with Gasteiger partial charge in [0.15, 0.2) is 17.2 Å². The minimum absolute atomic E-state index is 0.0836. The van der Waals surface area contributed by atoms with Gasteiger partial charge < -0.3 is 20.3 Å². The van der Waals surface area contributed by atoms with Crippen LogP contribution in [0.1, 0.15) is 15.2 Å². The fourth-order valence-corrected chi connectivity index (χ4v) is 4.71. The summed E-state index contributed by atoms with van der Waals surface area (Å²) in [6.45, 7) is -0.0661. The Morgan fingerprint density at radius 2 is 1.75 bits per heavy atom. The van der Waals surface area contributed by atoms with Gasteiger partial charge in [0.1, 0.15) is 5.02 Å². The van der Waals surface area contributed by atoms with Crippen LogP contribution >= 0.6 is 22.9 Å². The number of carboxylic acid groups (broad SMARTS) is 2. The predicted octanol–water partition coefficient (Wildman–Crippen LogP) is 6.00. The van der Waals surface area contributed by atoms with Crippen molar-refractivity contribution in [2.45, 2.75) is 6.54 Å². The van der Waals surface area contributed by atoms with E-state index in [1.165, 1.54) is 10.8 Å². The fourth-order valence-electron chi connectivity index (χ4n) is 3.31. The highest BCUT2D eigenvalue weighted by molar-refractivity contribution is 7.18. The molecule has 3 aromatic carbocycles. The molecule has 0 aliphatic heterocycles. The molecule has 0 aliphatic rings. The summed E-state index contributed by atoms with van der Waals surface area (Å²) >= 11 is 7.33. The van der Waals surface area contributed by atoms with Crippen LogP contribution in [-0.4, -0.2) is 28.8 Å². The molecular weight excluding hydrogens is 450 g/mol. The Morgan fingerprint density at radius 1 is 0.969 bits per heavy atom. The van der Waals surface area contributed by atoms with E-state index in [-0.39, 0.29) is 15.6 Å². The van der Waals surface area contributed by atoms with Gasteiger partial charge in [0.2, 0.25) is 0 Å². The number of benzene rings is 3. The molecule has 0 fully saturated rings. The number of rotatable bonds is 8. The third-order valence-electron chi connectivity index (χ3n) is 4.78. The predicted molar refractivity (Wildman–Crippen MR) is 126 cm³/mol. The summed E-state index contributed by atoms with van der Waals surface area (Å²) in [7, 11) is 0. The van der Waals surface area contributed by atoms with Crippen molar-refractivity contribution < 1.29 is 24.5 Å². The number of anilines is 1. The Balaban J connectivity index is 1.57. The number of hydrogen-bond donors (Lipinski definition) is 3. The van der Waals surface area contributed by atoms with Gasteiger partial charge in [-0.3, -0.25) is 0 Å². The zero-order chi connectivity index (χ0) is 22.7. The molecule has 0 unspecified atom stereocenters. The summed E-state index contributed by atoms with van der Waals surface area (Å²) in [5.41, 5.74) is 2.67. The Kier molecular flexibility index (Phi) is 6.30. The second-order valence-electron chi connectivity index (χ2n) is 7.01. The summed E-state index contributed by atoms with van der Waals surface area (Å²) in [5.74, 6) is -2.57. The molecule has 1 aromatic heterocycles. The van der Waals surface area contributed by atoms with Gasteiger partial charge in [-0.15, -0.1) is 11.3 Å². The number of nitrogens with one attached hydrogen (secondary N) is 1. The molecule has 0 spiro atoms. The van der Waals surface area contributed by atoms with Crippen molar-refractivity contribution in [3.63, 3.8) is 0 Å². The first-order valence-corrected chi connectivity index (χ1v) is 10.8. The van der Waals surface area contributed by atoms with Crippen LogP contribution in [0.2, 0.25) is 5.02 Å². The molecule has 32 heavy (non-hydrogen) atoms. The lowest BCUT2D eigenvalue weighted by molar-refractivity contribution is -0.139. The van der Waals surface area contributed by atoms with Gasteiger partial charge in [-0.25, -0.2) is 9.59 Å². The topological polar surface area (TPSA) is 95.9 Å². The van der Waals surface area contributed by atoms with Crippen LogP contribution in [0.5, 0.6) is 5.75 Å². The summed E-state index contributed by atoms with van der Waals surface area (Å²) in [5, 5.41) is 24.1. The third kappa shape index (κ3) is 4.69. The summed E-state index contributed by atoms with van der Waals surface area (Å²) < 4.78 is 5.15. The minimum Gasteiger partial charge on any atom is -0.479 e. The van der Waals surface area contributed by atoms with E-state index in [1.807, 2.05) is 36.4 Å². The molecule has 162 valence electrons. The molecule has 3 N–H and O–H groups in total. The largest absolute Gasteiger partial charge is 0.479 e. The van der Waals surface area contributed by atoms with E-state index < -0.39 is 18.5 Å². The van der Waals surface area contributed by atoms with Gasteiger partial charge in [0, 0.05) is 12.2 Å². The van der Waals surface area contributed by atoms with E-state index in [4.69, 9.17) is 21.4 Å². The van der Waals surface area contributed by atoms with E-state index in [9.17, 15) is 14.7 Å². The molecule has 8 heteroatoms. The molecule has 0 amide bonds. The van der Waals surface area contributed by atoms with Gasteiger partial charge in [0.25, 0.3) is 0 Å². The van der Waals surface area contributed by atoms with Crippen LogP contribution in [0.15, 0.2) is 66.7 Å². The van der Waals surface area contributed by atoms with E-state index in [2.05, 4.69) is 35.6 Å². The maximum absolute atomic E-state index is 11.6. The van der Waals surface area contributed by atoms with Crippen LogP contribution in [0.25, 0.3) is 21.2 Å². The highest BCUT2D eigenvalue weighted by Crippen LogP contribution is 2.45. The van der Waals surface area contributed by atoms with E-state index in [0.717, 1.165) is 22.6 Å². The molecule has 6 nitrogen and oxygen atoms in total. The lowest BCUT2D eigenvalue weighted by Gasteiger charge is -2.09. The van der Waals surface area contributed by atoms with E-state index in [1.54, 1.807) is 0 Å². The molecule has 4 rings (SSSR count). The maximum atomic E-state index is 11.6. The van der Waals surface area contributed by atoms with Crippen molar-refractivity contribution in [2.75, 3.05) is 11.9 Å². The van der Waals surface area contributed by atoms with Crippen molar-refractivity contribution in [1.82, 2.24) is 0 Å². The van der Waals surface area contributed by atoms with Gasteiger partial charge >= 0.3 is 11.9 Å². The molecule has 0 aliphatic carbocycles. The van der Waals surface area contributed by atoms with Crippen molar-refractivity contribution in [3.05, 3.63) is 82.2 Å². The van der Waals surface area contributed by atoms with E-state index in [0.29, 0.717) is 17.0 Å². The first kappa shape index (κ1) is 21.7. The standard InChI is InChI=1S/C24H18ClNO5S/c25-20-21(31-13-19(27)28)23(24(29)30)32-22(20)17-6-3-7-18(11-17)26-12-14-8-9-15-4-1-2-5-16(15)10-14/h1-11,26H,12-13H2,(H,27,28)(H,29,30). The smallest absolute Gasteiger partial charge is 0.349 e. The first-order valence-electron chi connectivity index (χ1n) is 9.64. The molecule has 0 radical (unpaired) electrons. The zero-order valence-corrected chi connectivity index (χ0v) is 18.2. The molecular formula is C24H18ClNO5S. The molecule has 4 aromatic rings. The van der Waals surface area contributed by atoms with Crippen molar-refractivity contribution >= 4 is 51.3 Å². The van der Waals surface area contributed by atoms with Crippen LogP contribution in [0.4, 0.5) is 5.69 Å². The Morgan fingerprint density at radius 3 is 2.50 bits per heavy atom. The molecule has 0 atom stereocenters. The number of carboxylic acids is 2. The SMILES string of the molecule is O=C(O)COc1c(C(=O)O)sc(-c2cccc(NCc3ccc4ccccc4c3)c2)c1Cl. The fraction of sp³-hybridized carbons (Fsp3) is 0.0833. The van der Waals surface area contributed by atoms with Crippen LogP contribution in [0, 0.1) is 0 Å². The number of hydrogen-bond acceptors (Lipinski definition) is 5. The number of ether oxygens (including phenoxy) is 1. The number of aliphatic carboxylic acids is 1. The number of aromatic carboxylic acids is 1. The van der Waals surface area contributed by atoms with Crippen LogP contribution < -0.4 is 10.1 Å². The Hall–Kier alpha value is -3.55. The van der Waals surface area contributed by atoms with Gasteiger partial charge in [-0.05, 0) is 40.1 Å². The Labute approximate surface area is 192 Å². The van der Waals surface area contributed by atoms with Gasteiger partial charge in [0.05, 0.1) is 4.88 Å². The molecule has 0 saturated heterocycles. The van der Waals surface area contributed by atoms with Crippen molar-refractivity contribution in [1.29, 1.82) is 0 Å². The lowest BCUT2D eigenvalue weighted by atomic mass is 10.1. The second-order valence-corrected chi connectivity index (χ2v) is 8.41. The van der Waals surface area contributed by atoms with Crippen molar-refractivity contribution in [3.8, 4) is 16.2 Å². The monoisotopic (exact) mass is 467 g/mol. The highest BCUT2D eigenvalue weighted by atomic mass is 35.5. The minimum atomic E-state index is -1.23. The van der Waals surface area contributed by atoms with E-state index >= 15 is 0 Å². The summed E-state index contributed by atoms with van der Waals surface area (Å²) in [6, 6.07) is 21.9. The summed E-state index contributed by atoms with van der Waals surface area (Å²) in [4.78, 5) is 22.8.